The van der Waals surface area contributed by atoms with Crippen molar-refractivity contribution in [3.8, 4) is 0 Å². The molecule has 0 bridgehead atoms. The van der Waals surface area contributed by atoms with E-state index >= 15 is 0 Å². The van der Waals surface area contributed by atoms with Crippen LogP contribution in [0.4, 0.5) is 5.69 Å². The average Bonchev–Trinajstić information content (AvgIpc) is 3.47. The molecule has 5 rings (SSSR count). The Bertz CT molecular complexity index is 817. The zero-order valence-electron chi connectivity index (χ0n) is 14.6. The van der Waals surface area contributed by atoms with Gasteiger partial charge in [-0.25, -0.2) is 0 Å². The van der Waals surface area contributed by atoms with Gasteiger partial charge in [-0.3, -0.25) is 4.99 Å². The summed E-state index contributed by atoms with van der Waals surface area (Å²) in [4.78, 5) is 9.87. The lowest BCUT2D eigenvalue weighted by Crippen LogP contribution is -2.53. The maximum absolute atomic E-state index is 6.38. The number of hydrogen-bond donors (Lipinski definition) is 0. The summed E-state index contributed by atoms with van der Waals surface area (Å²) >= 11 is 6.38. The Kier molecular flexibility index (Phi) is 4.85. The Morgan fingerprint density at radius 3 is 2.65 bits per heavy atom. The standard InChI is InChI=1S/C21H22ClN3.ClH/c22-17-9-10-18-19(13-17)25(14-15-7-8-15)21-23-11-4-12-24(21)20(18)16-5-2-1-3-6-16;/h1-3,5-6,9-10,13,15,20H,4,7-8,11-12,14H2;1H. The van der Waals surface area contributed by atoms with Crippen molar-refractivity contribution in [2.75, 3.05) is 24.5 Å². The van der Waals surface area contributed by atoms with Gasteiger partial charge in [-0.15, -0.1) is 12.4 Å². The number of anilines is 1. The summed E-state index contributed by atoms with van der Waals surface area (Å²) in [5.74, 6) is 1.94. The molecule has 26 heavy (non-hydrogen) atoms. The maximum Gasteiger partial charge on any atom is 0.201 e. The molecule has 2 aromatic carbocycles. The second kappa shape index (κ2) is 7.13. The Morgan fingerprint density at radius 1 is 1.08 bits per heavy atom. The van der Waals surface area contributed by atoms with Crippen LogP contribution in [0.1, 0.15) is 36.4 Å². The molecular formula is C21H23Cl2N3. The lowest BCUT2D eigenvalue weighted by atomic mass is 9.92. The summed E-state index contributed by atoms with van der Waals surface area (Å²) in [5.41, 5.74) is 3.91. The van der Waals surface area contributed by atoms with E-state index in [2.05, 4.69) is 52.3 Å². The molecule has 2 heterocycles. The molecule has 3 aliphatic rings. The molecule has 136 valence electrons. The molecule has 2 aromatic rings. The van der Waals surface area contributed by atoms with Gasteiger partial charge in [0.1, 0.15) is 0 Å². The Balaban J connectivity index is 0.00000168. The van der Waals surface area contributed by atoms with Crippen LogP contribution in [0, 0.1) is 5.92 Å². The van der Waals surface area contributed by atoms with Crippen molar-refractivity contribution >= 4 is 35.7 Å². The number of nitrogens with zero attached hydrogens (tertiary/aromatic N) is 3. The van der Waals surface area contributed by atoms with Crippen molar-refractivity contribution in [2.45, 2.75) is 25.3 Å². The fourth-order valence-corrected chi connectivity index (χ4v) is 4.25. The van der Waals surface area contributed by atoms with Crippen LogP contribution in [0.25, 0.3) is 0 Å². The zero-order valence-corrected chi connectivity index (χ0v) is 16.2. The number of fused-ring (bicyclic) bond motifs is 2. The molecular weight excluding hydrogens is 365 g/mol. The van der Waals surface area contributed by atoms with E-state index in [4.69, 9.17) is 16.6 Å². The van der Waals surface area contributed by atoms with Gasteiger partial charge in [-0.1, -0.05) is 48.0 Å². The minimum absolute atomic E-state index is 0. The fraction of sp³-hybridized carbons (Fsp3) is 0.381. The highest BCUT2D eigenvalue weighted by atomic mass is 35.5. The van der Waals surface area contributed by atoms with E-state index in [0.717, 1.165) is 43.0 Å². The molecule has 5 heteroatoms. The molecule has 2 aliphatic heterocycles. The summed E-state index contributed by atoms with van der Waals surface area (Å²) in [5, 5.41) is 0.802. The van der Waals surface area contributed by atoms with Crippen molar-refractivity contribution < 1.29 is 0 Å². The Hall–Kier alpha value is -1.71. The Labute approximate surface area is 166 Å². The first-order chi connectivity index (χ1) is 12.3. The third kappa shape index (κ3) is 3.08. The first kappa shape index (κ1) is 17.7. The molecule has 1 aliphatic carbocycles. The van der Waals surface area contributed by atoms with Crippen molar-refractivity contribution in [1.29, 1.82) is 0 Å². The van der Waals surface area contributed by atoms with Crippen LogP contribution >= 0.6 is 24.0 Å². The van der Waals surface area contributed by atoms with E-state index in [1.165, 1.54) is 29.7 Å². The summed E-state index contributed by atoms with van der Waals surface area (Å²) in [6.45, 7) is 3.04. The normalized spacial score (nSPS) is 21.4. The average molecular weight is 388 g/mol. The van der Waals surface area contributed by atoms with Crippen molar-refractivity contribution in [3.63, 3.8) is 0 Å². The molecule has 0 aromatic heterocycles. The molecule has 1 atom stereocenters. The molecule has 1 unspecified atom stereocenters. The van der Waals surface area contributed by atoms with Gasteiger partial charge in [0, 0.05) is 30.2 Å². The number of halogens is 2. The number of benzene rings is 2. The van der Waals surface area contributed by atoms with Crippen LogP contribution in [-0.2, 0) is 0 Å². The number of aliphatic imine (C=N–C) groups is 1. The highest BCUT2D eigenvalue weighted by Gasteiger charge is 2.39. The fourth-order valence-electron chi connectivity index (χ4n) is 4.09. The van der Waals surface area contributed by atoms with Crippen molar-refractivity contribution in [1.82, 2.24) is 4.90 Å². The van der Waals surface area contributed by atoms with E-state index in [9.17, 15) is 0 Å². The number of guanidine groups is 1. The predicted molar refractivity (Wildman–Crippen MR) is 111 cm³/mol. The molecule has 3 nitrogen and oxygen atoms in total. The topological polar surface area (TPSA) is 18.8 Å². The summed E-state index contributed by atoms with van der Waals surface area (Å²) in [6.07, 6.45) is 3.79. The minimum Gasteiger partial charge on any atom is -0.331 e. The van der Waals surface area contributed by atoms with E-state index < -0.39 is 0 Å². The van der Waals surface area contributed by atoms with Crippen molar-refractivity contribution in [3.05, 3.63) is 64.7 Å². The number of rotatable bonds is 3. The first-order valence-corrected chi connectivity index (χ1v) is 9.62. The summed E-state index contributed by atoms with van der Waals surface area (Å²) in [7, 11) is 0. The van der Waals surface area contributed by atoms with Gasteiger partial charge < -0.3 is 9.80 Å². The maximum atomic E-state index is 6.38. The van der Waals surface area contributed by atoms with E-state index in [1.807, 2.05) is 6.07 Å². The SMILES string of the molecule is Cl.Clc1ccc2c(c1)N(CC1CC1)C1=NCCCN1C2c1ccccc1. The highest BCUT2D eigenvalue weighted by Crippen LogP contribution is 2.44. The third-order valence-corrected chi connectivity index (χ3v) is 5.69. The molecule has 0 N–H and O–H groups in total. The van der Waals surface area contributed by atoms with Crippen molar-refractivity contribution in [2.24, 2.45) is 10.9 Å². The van der Waals surface area contributed by atoms with E-state index in [0.29, 0.717) is 0 Å². The lowest BCUT2D eigenvalue weighted by molar-refractivity contribution is 0.322. The van der Waals surface area contributed by atoms with Gasteiger partial charge in [-0.2, -0.15) is 0 Å². The van der Waals surface area contributed by atoms with Crippen LogP contribution in [0.2, 0.25) is 5.02 Å². The molecule has 0 spiro atoms. The quantitative estimate of drug-likeness (QED) is 0.725. The molecule has 1 fully saturated rings. The molecule has 0 radical (unpaired) electrons. The largest absolute Gasteiger partial charge is 0.331 e. The second-order valence-corrected chi connectivity index (χ2v) is 7.74. The van der Waals surface area contributed by atoms with Gasteiger partial charge in [0.25, 0.3) is 0 Å². The minimum atomic E-state index is 0. The highest BCUT2D eigenvalue weighted by molar-refractivity contribution is 6.31. The Morgan fingerprint density at radius 2 is 1.88 bits per heavy atom. The van der Waals surface area contributed by atoms with Gasteiger partial charge >= 0.3 is 0 Å². The summed E-state index contributed by atoms with van der Waals surface area (Å²) in [6, 6.07) is 17.4. The second-order valence-electron chi connectivity index (χ2n) is 7.30. The van der Waals surface area contributed by atoms with Crippen LogP contribution in [0.15, 0.2) is 53.5 Å². The lowest BCUT2D eigenvalue weighted by Gasteiger charge is -2.47. The number of hydrogen-bond acceptors (Lipinski definition) is 3. The van der Waals surface area contributed by atoms with Gasteiger partial charge in [0.15, 0.2) is 0 Å². The molecule has 0 saturated heterocycles. The van der Waals surface area contributed by atoms with Crippen LogP contribution < -0.4 is 4.90 Å². The van der Waals surface area contributed by atoms with Crippen LogP contribution in [0.3, 0.4) is 0 Å². The third-order valence-electron chi connectivity index (χ3n) is 5.45. The monoisotopic (exact) mass is 387 g/mol. The molecule has 0 amide bonds. The van der Waals surface area contributed by atoms with Gasteiger partial charge in [0.05, 0.1) is 11.7 Å². The first-order valence-electron chi connectivity index (χ1n) is 9.24. The van der Waals surface area contributed by atoms with Crippen LogP contribution in [-0.4, -0.2) is 30.5 Å². The zero-order chi connectivity index (χ0) is 16.8. The smallest absolute Gasteiger partial charge is 0.201 e. The van der Waals surface area contributed by atoms with Gasteiger partial charge in [0.2, 0.25) is 5.96 Å². The van der Waals surface area contributed by atoms with E-state index in [-0.39, 0.29) is 18.4 Å². The summed E-state index contributed by atoms with van der Waals surface area (Å²) < 4.78 is 0. The predicted octanol–water partition coefficient (Wildman–Crippen LogP) is 5.14. The van der Waals surface area contributed by atoms with E-state index in [1.54, 1.807) is 0 Å². The van der Waals surface area contributed by atoms with Gasteiger partial charge in [-0.05, 0) is 42.9 Å². The molecule has 1 saturated carbocycles. The van der Waals surface area contributed by atoms with Crippen LogP contribution in [0.5, 0.6) is 0 Å².